The molecule has 4 aliphatic heterocycles. The summed E-state index contributed by atoms with van der Waals surface area (Å²) in [6.45, 7) is 9.45. The van der Waals surface area contributed by atoms with E-state index in [-0.39, 0.29) is 94.9 Å². The lowest BCUT2D eigenvalue weighted by Gasteiger charge is -2.34. The van der Waals surface area contributed by atoms with E-state index in [1.165, 1.54) is 51.8 Å². The van der Waals surface area contributed by atoms with Gasteiger partial charge in [-0.2, -0.15) is 16.8 Å². The third kappa shape index (κ3) is 12.0. The van der Waals surface area contributed by atoms with Crippen molar-refractivity contribution in [3.8, 4) is 17.2 Å². The van der Waals surface area contributed by atoms with E-state index in [0.717, 1.165) is 12.8 Å². The predicted molar refractivity (Wildman–Crippen MR) is 332 cm³/mol. The van der Waals surface area contributed by atoms with Gasteiger partial charge in [-0.1, -0.05) is 11.6 Å². The van der Waals surface area contributed by atoms with Gasteiger partial charge in [0.15, 0.2) is 5.75 Å². The molecule has 0 spiro atoms. The topological polar surface area (TPSA) is 299 Å². The summed E-state index contributed by atoms with van der Waals surface area (Å²) in [7, 11) is -2.04. The third-order valence-electron chi connectivity index (χ3n) is 17.8. The van der Waals surface area contributed by atoms with Crippen LogP contribution in [0.4, 0.5) is 17.1 Å². The van der Waals surface area contributed by atoms with Gasteiger partial charge in [0, 0.05) is 141 Å². The van der Waals surface area contributed by atoms with Crippen molar-refractivity contribution in [3.63, 3.8) is 0 Å². The van der Waals surface area contributed by atoms with Crippen LogP contribution in [0.5, 0.6) is 17.2 Å². The zero-order chi connectivity index (χ0) is 61.1. The van der Waals surface area contributed by atoms with Crippen LogP contribution in [-0.2, 0) is 48.8 Å². The van der Waals surface area contributed by atoms with E-state index >= 15 is 9.59 Å². The van der Waals surface area contributed by atoms with Crippen molar-refractivity contribution < 1.29 is 68.7 Å². The monoisotopic (exact) mass is 1270 g/mol. The van der Waals surface area contributed by atoms with Crippen LogP contribution < -0.4 is 41.0 Å². The van der Waals surface area contributed by atoms with Gasteiger partial charge in [0.1, 0.15) is 42.6 Å². The summed E-state index contributed by atoms with van der Waals surface area (Å²) < 4.78 is 101. The third-order valence-corrected chi connectivity index (χ3v) is 21.6. The molecule has 5 aromatic carbocycles. The van der Waals surface area contributed by atoms with Gasteiger partial charge in [-0.3, -0.25) is 43.1 Å². The highest BCUT2D eigenvalue weighted by Gasteiger charge is 2.42. The van der Waals surface area contributed by atoms with Crippen LogP contribution in [0.25, 0.3) is 49.2 Å². The van der Waals surface area contributed by atoms with Crippen LogP contribution in [0, 0.1) is 0 Å². The van der Waals surface area contributed by atoms with E-state index in [0.29, 0.717) is 160 Å². The number of rotatable bonds is 21. The SMILES string of the molecule is COc1c2c3c4c(c(NC5CCC(OC)CC5)c(=O)c5c6c(c(OC)c(c7c(OC)c8c(c(c1=O)c73)NC(C(=O)OCCN1CCN(CCS(=O)(=O)O)CC1)CS8)c54)SCC(C(=O)OCCN1CCN(CCS(=O)(=O)O)CC1)N6)C=C(C)C2C(C)=O. The molecule has 28 heteroatoms. The van der Waals surface area contributed by atoms with E-state index in [1.807, 2.05) is 22.8 Å². The molecule has 466 valence electrons. The summed E-state index contributed by atoms with van der Waals surface area (Å²) in [5.41, 5.74) is 1.40. The number of anilines is 3. The van der Waals surface area contributed by atoms with Crippen LogP contribution in [0.2, 0.25) is 0 Å². The minimum atomic E-state index is -4.09. The number of hydrogen-bond acceptors (Lipinski definition) is 24. The largest absolute Gasteiger partial charge is 0.495 e. The van der Waals surface area contributed by atoms with Gasteiger partial charge in [-0.05, 0) is 44.9 Å². The van der Waals surface area contributed by atoms with E-state index in [4.69, 9.17) is 28.4 Å². The molecule has 86 heavy (non-hydrogen) atoms. The Morgan fingerprint density at radius 2 is 1.05 bits per heavy atom. The van der Waals surface area contributed by atoms with E-state index in [9.17, 15) is 40.3 Å². The lowest BCUT2D eigenvalue weighted by atomic mass is 9.80. The first kappa shape index (κ1) is 62.1. The number of esters is 2. The maximum Gasteiger partial charge on any atom is 0.329 e. The van der Waals surface area contributed by atoms with Crippen molar-refractivity contribution in [3.05, 3.63) is 37.1 Å². The number of carbonyl (C=O) groups is 3. The number of nitrogens with zero attached hydrogens (tertiary/aromatic N) is 4. The first-order chi connectivity index (χ1) is 41.1. The van der Waals surface area contributed by atoms with E-state index in [2.05, 4.69) is 25.8 Å². The van der Waals surface area contributed by atoms with Gasteiger partial charge in [-0.25, -0.2) is 9.59 Å². The van der Waals surface area contributed by atoms with Crippen LogP contribution in [0.3, 0.4) is 0 Å². The highest BCUT2D eigenvalue weighted by atomic mass is 32.2. The number of hydrogen-bond donors (Lipinski definition) is 5. The van der Waals surface area contributed by atoms with Gasteiger partial charge in [0.05, 0.1) is 82.5 Å². The zero-order valence-electron chi connectivity index (χ0n) is 49.0. The minimum Gasteiger partial charge on any atom is -0.495 e. The van der Waals surface area contributed by atoms with Crippen LogP contribution in [0.1, 0.15) is 56.6 Å². The molecule has 3 atom stereocenters. The smallest absolute Gasteiger partial charge is 0.329 e. The second-order valence-electron chi connectivity index (χ2n) is 22.9. The molecule has 3 fully saturated rings. The first-order valence-corrected chi connectivity index (χ1v) is 34.2. The Bertz CT molecular complexity index is 3890. The Balaban J connectivity index is 1.03. The number of benzene rings is 5. The highest BCUT2D eigenvalue weighted by molar-refractivity contribution is 8.00. The molecular weight excluding hydrogens is 1190 g/mol. The Morgan fingerprint density at radius 3 is 1.48 bits per heavy atom. The number of piperazine rings is 2. The number of ether oxygens (including phenoxy) is 6. The number of Topliss-reactive ketones (excluding diaryl/α,β-unsaturated/α-hetero) is 1. The second-order valence-corrected chi connectivity index (χ2v) is 28.1. The predicted octanol–water partition coefficient (Wildman–Crippen LogP) is 4.25. The molecule has 2 aliphatic carbocycles. The van der Waals surface area contributed by atoms with Crippen LogP contribution >= 0.6 is 23.5 Å². The summed E-state index contributed by atoms with van der Waals surface area (Å²) in [5.74, 6) is -2.14. The molecule has 0 amide bonds. The lowest BCUT2D eigenvalue weighted by Crippen LogP contribution is -2.48. The standard InChI is InChI=1S/C58H73N7O17S4/c1-30-27-34-38-39-41-44(54(80-6)56-49(46(41)51(68)52(78-4)42(39)37(30)31(2)66)61-36(29-84-56)58(70)82-24-20-63-13-17-65(18-14-63)22-26-86(74,75)76)43-40(38)45(50(67)47(34)59-32-7-9-33(77-3)10-8-32)48-55(53(43)79-5)83-28-35(60-48)57(69)81-23-19-62-11-15-64(16-12-62)21-25-85(71,72)73/h27,32-33,35-37,59-61H,7-26,28-29H2,1-6H3,(H,71,72,73)(H,74,75,76). The zero-order valence-corrected chi connectivity index (χ0v) is 52.2. The number of thioether (sulfide) groups is 2. The van der Waals surface area contributed by atoms with Crippen LogP contribution in [0.15, 0.2) is 25.0 Å². The van der Waals surface area contributed by atoms with Crippen LogP contribution in [-0.4, -0.2) is 231 Å². The Morgan fingerprint density at radius 1 is 0.605 bits per heavy atom. The number of methoxy groups -OCH3 is 4. The van der Waals surface area contributed by atoms with Gasteiger partial charge in [0.25, 0.3) is 20.2 Å². The maximum absolute atomic E-state index is 16.2. The van der Waals surface area contributed by atoms with Crippen molar-refractivity contribution >= 4 is 128 Å². The average molecular weight is 1270 g/mol. The molecule has 3 unspecified atom stereocenters. The van der Waals surface area contributed by atoms with E-state index in [1.54, 1.807) is 7.11 Å². The quantitative estimate of drug-likeness (QED) is 0.0297. The Hall–Kier alpha value is -5.53. The van der Waals surface area contributed by atoms with E-state index < -0.39 is 55.6 Å². The molecule has 1 saturated carbocycles. The highest BCUT2D eigenvalue weighted by Crippen LogP contribution is 2.61. The fourth-order valence-electron chi connectivity index (χ4n) is 13.5. The molecule has 5 aromatic rings. The molecule has 6 aliphatic rings. The summed E-state index contributed by atoms with van der Waals surface area (Å²) in [6.07, 6.45) is 4.79. The average Bonchev–Trinajstić information content (AvgIpc) is 1.01. The number of nitrogens with one attached hydrogen (secondary N) is 3. The number of fused-ring (bicyclic) bond motifs is 5. The van der Waals surface area contributed by atoms with Crippen molar-refractivity contribution in [2.45, 2.75) is 79.5 Å². The number of ketones is 1. The Labute approximate surface area is 506 Å². The summed E-state index contributed by atoms with van der Waals surface area (Å²) in [4.78, 5) is 84.1. The molecule has 5 N–H and O–H groups in total. The second kappa shape index (κ2) is 25.2. The number of allylic oxidation sites excluding steroid dienone is 1. The van der Waals surface area contributed by atoms with Crippen molar-refractivity contribution in [2.75, 3.05) is 159 Å². The minimum absolute atomic E-state index is 0.0516. The number of carbonyl (C=O) groups excluding carboxylic acids is 3. The molecule has 11 rings (SSSR count). The summed E-state index contributed by atoms with van der Waals surface area (Å²) in [5, 5.41) is 13.8. The molecule has 0 bridgehead atoms. The molecule has 24 nitrogen and oxygen atoms in total. The van der Waals surface area contributed by atoms with Crippen molar-refractivity contribution in [2.24, 2.45) is 0 Å². The molecule has 4 heterocycles. The van der Waals surface area contributed by atoms with Crippen molar-refractivity contribution in [1.82, 2.24) is 19.6 Å². The summed E-state index contributed by atoms with van der Waals surface area (Å²) >= 11 is 2.63. The van der Waals surface area contributed by atoms with Crippen molar-refractivity contribution in [1.29, 1.82) is 0 Å². The summed E-state index contributed by atoms with van der Waals surface area (Å²) in [6, 6.07) is -2.02. The fraction of sp³-hybridized carbons (Fsp3) is 0.569. The van der Waals surface area contributed by atoms with Gasteiger partial charge >= 0.3 is 11.9 Å². The van der Waals surface area contributed by atoms with Gasteiger partial charge in [0.2, 0.25) is 10.9 Å². The van der Waals surface area contributed by atoms with Gasteiger partial charge < -0.3 is 44.4 Å². The normalized spacial score (nSPS) is 22.5. The first-order valence-electron chi connectivity index (χ1n) is 29.0. The molecular formula is C58H73N7O17S4. The maximum atomic E-state index is 16.2. The molecule has 2 saturated heterocycles. The van der Waals surface area contributed by atoms with Gasteiger partial charge in [-0.15, -0.1) is 23.5 Å². The molecule has 0 aromatic heterocycles. The lowest BCUT2D eigenvalue weighted by molar-refractivity contribution is -0.145. The Kier molecular flexibility index (Phi) is 18.2. The molecule has 0 radical (unpaired) electrons. The fourth-order valence-corrected chi connectivity index (χ4v) is 16.8.